The maximum absolute atomic E-state index is 12.6. The summed E-state index contributed by atoms with van der Waals surface area (Å²) in [6.45, 7) is 4.54. The molecule has 1 aliphatic rings. The summed E-state index contributed by atoms with van der Waals surface area (Å²) in [5, 5.41) is 5.83. The molecule has 0 bridgehead atoms. The van der Waals surface area contributed by atoms with Gasteiger partial charge < -0.3 is 10.6 Å². The molecule has 150 valence electrons. The molecule has 0 unspecified atom stereocenters. The molecule has 0 saturated carbocycles. The number of rotatable bonds is 8. The van der Waals surface area contributed by atoms with Gasteiger partial charge in [-0.25, -0.2) is 8.42 Å². The molecule has 1 aliphatic heterocycles. The van der Waals surface area contributed by atoms with Crippen LogP contribution in [0.3, 0.4) is 0 Å². The Kier molecular flexibility index (Phi) is 7.61. The first-order valence-corrected chi connectivity index (χ1v) is 11.0. The van der Waals surface area contributed by atoms with E-state index in [0.29, 0.717) is 18.7 Å². The first-order valence-electron chi connectivity index (χ1n) is 9.15. The number of carbonyl (C=O) groups excluding carboxylic acids is 2. The molecule has 3 N–H and O–H groups in total. The van der Waals surface area contributed by atoms with Gasteiger partial charge in [-0.15, -0.1) is 0 Å². The van der Waals surface area contributed by atoms with Crippen LogP contribution in [0.1, 0.15) is 36.5 Å². The van der Waals surface area contributed by atoms with E-state index in [2.05, 4.69) is 20.3 Å². The minimum absolute atomic E-state index is 0.00116. The molecule has 2 rings (SSSR count). The van der Waals surface area contributed by atoms with E-state index in [1.54, 1.807) is 24.3 Å². The lowest BCUT2D eigenvalue weighted by atomic mass is 10.0. The van der Waals surface area contributed by atoms with Crippen LogP contribution in [0.2, 0.25) is 0 Å². The molecule has 0 spiro atoms. The van der Waals surface area contributed by atoms with E-state index in [9.17, 15) is 18.0 Å². The topological polar surface area (TPSA) is 108 Å². The highest BCUT2D eigenvalue weighted by atomic mass is 32.2. The average molecular weight is 397 g/mol. The predicted molar refractivity (Wildman–Crippen MR) is 105 cm³/mol. The van der Waals surface area contributed by atoms with Crippen LogP contribution in [0.5, 0.6) is 0 Å². The lowest BCUT2D eigenvalue weighted by Crippen LogP contribution is -2.47. The molecule has 1 aromatic carbocycles. The maximum Gasteiger partial charge on any atom is 0.253 e. The Morgan fingerprint density at radius 1 is 1.19 bits per heavy atom. The van der Waals surface area contributed by atoms with Crippen molar-refractivity contribution in [3.05, 3.63) is 29.8 Å². The van der Waals surface area contributed by atoms with E-state index < -0.39 is 10.0 Å². The summed E-state index contributed by atoms with van der Waals surface area (Å²) < 4.78 is 25.3. The number of amides is 2. The molecule has 0 radical (unpaired) electrons. The molecule has 0 aromatic heterocycles. The van der Waals surface area contributed by atoms with E-state index >= 15 is 0 Å². The number of para-hydroxylation sites is 1. The Morgan fingerprint density at radius 3 is 2.48 bits per heavy atom. The van der Waals surface area contributed by atoms with Gasteiger partial charge >= 0.3 is 0 Å². The van der Waals surface area contributed by atoms with E-state index in [0.717, 1.165) is 38.6 Å². The zero-order valence-corrected chi connectivity index (χ0v) is 16.6. The molecular formula is C18H28N4O4S. The van der Waals surface area contributed by atoms with Gasteiger partial charge in [0.1, 0.15) is 0 Å². The van der Waals surface area contributed by atoms with Gasteiger partial charge in [-0.2, -0.15) is 0 Å². The van der Waals surface area contributed by atoms with Crippen molar-refractivity contribution in [3.63, 3.8) is 0 Å². The quantitative estimate of drug-likeness (QED) is 0.602. The van der Waals surface area contributed by atoms with E-state index in [-0.39, 0.29) is 23.5 Å². The van der Waals surface area contributed by atoms with Crippen molar-refractivity contribution < 1.29 is 18.0 Å². The van der Waals surface area contributed by atoms with Gasteiger partial charge in [-0.3, -0.25) is 19.2 Å². The molecule has 0 aliphatic carbocycles. The predicted octanol–water partition coefficient (Wildman–Crippen LogP) is 0.779. The van der Waals surface area contributed by atoms with Gasteiger partial charge in [0.2, 0.25) is 15.9 Å². The fourth-order valence-electron chi connectivity index (χ4n) is 2.99. The van der Waals surface area contributed by atoms with Crippen LogP contribution in [0, 0.1) is 0 Å². The summed E-state index contributed by atoms with van der Waals surface area (Å²) in [7, 11) is -3.47. The summed E-state index contributed by atoms with van der Waals surface area (Å²) in [6, 6.07) is 6.52. The lowest BCUT2D eigenvalue weighted by Gasteiger charge is -2.32. The third-order valence-corrected chi connectivity index (χ3v) is 4.92. The Morgan fingerprint density at radius 2 is 1.85 bits per heavy atom. The maximum atomic E-state index is 12.6. The van der Waals surface area contributed by atoms with Crippen molar-refractivity contribution in [2.24, 2.45) is 0 Å². The minimum Gasteiger partial charge on any atom is -0.355 e. The number of piperidine rings is 1. The largest absolute Gasteiger partial charge is 0.355 e. The zero-order valence-electron chi connectivity index (χ0n) is 15.8. The summed E-state index contributed by atoms with van der Waals surface area (Å²) >= 11 is 0. The summed E-state index contributed by atoms with van der Waals surface area (Å²) in [5.41, 5.74) is 0.562. The average Bonchev–Trinajstić information content (AvgIpc) is 2.60. The van der Waals surface area contributed by atoms with Gasteiger partial charge in [0.15, 0.2) is 0 Å². The summed E-state index contributed by atoms with van der Waals surface area (Å²) in [4.78, 5) is 26.4. The number of anilines is 1. The fraction of sp³-hybridized carbons (Fsp3) is 0.556. The Balaban J connectivity index is 1.87. The number of likely N-dealkylation sites (tertiary alicyclic amines) is 1. The molecule has 9 heteroatoms. The molecule has 2 amide bonds. The molecule has 27 heavy (non-hydrogen) atoms. The van der Waals surface area contributed by atoms with E-state index in [1.807, 2.05) is 6.92 Å². The van der Waals surface area contributed by atoms with Crippen LogP contribution in [0.25, 0.3) is 0 Å². The van der Waals surface area contributed by atoms with Crippen LogP contribution in [0.15, 0.2) is 24.3 Å². The van der Waals surface area contributed by atoms with Crippen molar-refractivity contribution in [3.8, 4) is 0 Å². The van der Waals surface area contributed by atoms with Crippen LogP contribution < -0.4 is 15.4 Å². The van der Waals surface area contributed by atoms with Crippen molar-refractivity contribution in [2.75, 3.05) is 37.2 Å². The number of hydrogen-bond acceptors (Lipinski definition) is 5. The first kappa shape index (κ1) is 21.2. The number of nitrogens with one attached hydrogen (secondary N) is 3. The van der Waals surface area contributed by atoms with Gasteiger partial charge in [-0.05, 0) is 31.4 Å². The number of benzene rings is 1. The third-order valence-electron chi connectivity index (χ3n) is 4.33. The van der Waals surface area contributed by atoms with Crippen LogP contribution >= 0.6 is 0 Å². The second kappa shape index (κ2) is 9.70. The monoisotopic (exact) mass is 396 g/mol. The number of hydrogen-bond donors (Lipinski definition) is 3. The number of carbonyl (C=O) groups is 2. The number of sulfonamides is 1. The highest BCUT2D eigenvalue weighted by Gasteiger charge is 2.23. The summed E-state index contributed by atoms with van der Waals surface area (Å²) in [5.74, 6) is -0.277. The van der Waals surface area contributed by atoms with E-state index in [1.165, 1.54) is 0 Å². The number of nitrogens with zero attached hydrogens (tertiary/aromatic N) is 1. The Labute approximate surface area is 160 Å². The molecular weight excluding hydrogens is 368 g/mol. The zero-order chi connectivity index (χ0) is 19.9. The first-order chi connectivity index (χ1) is 12.8. The Hall–Kier alpha value is -2.13. The molecule has 1 aromatic rings. The van der Waals surface area contributed by atoms with Gasteiger partial charge in [0, 0.05) is 25.7 Å². The highest BCUT2D eigenvalue weighted by molar-refractivity contribution is 7.92. The Bertz CT molecular complexity index is 758. The van der Waals surface area contributed by atoms with Gasteiger partial charge in [0.05, 0.1) is 24.1 Å². The fourth-order valence-corrected chi connectivity index (χ4v) is 3.57. The van der Waals surface area contributed by atoms with Crippen LogP contribution in [0.4, 0.5) is 5.69 Å². The van der Waals surface area contributed by atoms with Crippen molar-refractivity contribution >= 4 is 27.5 Å². The SMILES string of the molecule is CCCNC(=O)CN1CCC(NC(=O)c2ccccc2NS(C)(=O)=O)CC1. The van der Waals surface area contributed by atoms with Crippen molar-refractivity contribution in [1.29, 1.82) is 0 Å². The summed E-state index contributed by atoms with van der Waals surface area (Å²) in [6.07, 6.45) is 3.45. The van der Waals surface area contributed by atoms with Crippen LogP contribution in [-0.2, 0) is 14.8 Å². The second-order valence-corrected chi connectivity index (χ2v) is 8.54. The second-order valence-electron chi connectivity index (χ2n) is 6.79. The lowest BCUT2D eigenvalue weighted by molar-refractivity contribution is -0.122. The molecule has 1 saturated heterocycles. The molecule has 1 heterocycles. The molecule has 8 nitrogen and oxygen atoms in total. The van der Waals surface area contributed by atoms with Crippen molar-refractivity contribution in [2.45, 2.75) is 32.2 Å². The highest BCUT2D eigenvalue weighted by Crippen LogP contribution is 2.18. The normalized spacial score (nSPS) is 15.9. The van der Waals surface area contributed by atoms with Crippen LogP contribution in [-0.4, -0.2) is 63.6 Å². The smallest absolute Gasteiger partial charge is 0.253 e. The standard InChI is InChI=1S/C18H28N4O4S/c1-3-10-19-17(23)13-22-11-8-14(9-12-22)20-18(24)15-6-4-5-7-16(15)21-27(2,25)26/h4-7,14,21H,3,8-13H2,1-2H3,(H,19,23)(H,20,24). The van der Waals surface area contributed by atoms with Gasteiger partial charge in [-0.1, -0.05) is 19.1 Å². The van der Waals surface area contributed by atoms with Crippen molar-refractivity contribution in [1.82, 2.24) is 15.5 Å². The van der Waals surface area contributed by atoms with Gasteiger partial charge in [0.25, 0.3) is 5.91 Å². The minimum atomic E-state index is -3.47. The third kappa shape index (κ3) is 7.18. The molecule has 1 fully saturated rings. The van der Waals surface area contributed by atoms with E-state index in [4.69, 9.17) is 0 Å². The molecule has 0 atom stereocenters.